The van der Waals surface area contributed by atoms with Crippen LogP contribution in [0.5, 0.6) is 0 Å². The standard InChI is InChI=1S/C10H16O2/c1-6(2)5-9-7(3)12-8(4)10(9)11/h5-8H,1-4H3. The molecule has 2 unspecified atom stereocenters. The highest BCUT2D eigenvalue weighted by atomic mass is 16.5. The second kappa shape index (κ2) is 3.40. The summed E-state index contributed by atoms with van der Waals surface area (Å²) in [5.74, 6) is 0.566. The molecule has 0 aromatic carbocycles. The molecular formula is C10H16O2. The van der Waals surface area contributed by atoms with E-state index < -0.39 is 0 Å². The number of hydrogen-bond donors (Lipinski definition) is 0. The molecule has 0 aromatic heterocycles. The van der Waals surface area contributed by atoms with Gasteiger partial charge in [0.1, 0.15) is 6.10 Å². The molecule has 1 fully saturated rings. The number of carbonyl (C=O) groups is 1. The van der Waals surface area contributed by atoms with E-state index in [1.807, 2.05) is 13.0 Å². The third-order valence-electron chi connectivity index (χ3n) is 2.01. The number of ether oxygens (including phenoxy) is 1. The van der Waals surface area contributed by atoms with E-state index >= 15 is 0 Å². The Kier molecular flexibility index (Phi) is 2.68. The molecule has 0 radical (unpaired) electrons. The largest absolute Gasteiger partial charge is 0.363 e. The van der Waals surface area contributed by atoms with Crippen LogP contribution in [0.2, 0.25) is 0 Å². The van der Waals surface area contributed by atoms with Crippen molar-refractivity contribution in [1.82, 2.24) is 0 Å². The fourth-order valence-corrected chi connectivity index (χ4v) is 1.45. The van der Waals surface area contributed by atoms with Crippen LogP contribution in [0.15, 0.2) is 11.6 Å². The predicted molar refractivity (Wildman–Crippen MR) is 47.9 cm³/mol. The van der Waals surface area contributed by atoms with Gasteiger partial charge in [-0.2, -0.15) is 0 Å². The van der Waals surface area contributed by atoms with Crippen molar-refractivity contribution in [2.45, 2.75) is 39.9 Å². The topological polar surface area (TPSA) is 26.3 Å². The van der Waals surface area contributed by atoms with Crippen molar-refractivity contribution in [1.29, 1.82) is 0 Å². The van der Waals surface area contributed by atoms with Crippen molar-refractivity contribution in [2.24, 2.45) is 5.92 Å². The summed E-state index contributed by atoms with van der Waals surface area (Å²) in [6.45, 7) is 7.86. The summed E-state index contributed by atoms with van der Waals surface area (Å²) in [5, 5.41) is 0. The number of allylic oxidation sites excluding steroid dienone is 1. The summed E-state index contributed by atoms with van der Waals surface area (Å²) in [5.41, 5.74) is 0.845. The minimum Gasteiger partial charge on any atom is -0.363 e. The van der Waals surface area contributed by atoms with Gasteiger partial charge in [-0.25, -0.2) is 0 Å². The summed E-state index contributed by atoms with van der Waals surface area (Å²) < 4.78 is 5.37. The van der Waals surface area contributed by atoms with Gasteiger partial charge in [-0.3, -0.25) is 4.79 Å². The molecule has 1 rings (SSSR count). The third kappa shape index (κ3) is 1.75. The maximum absolute atomic E-state index is 11.5. The zero-order chi connectivity index (χ0) is 9.30. The minimum atomic E-state index is -0.245. The first-order valence-corrected chi connectivity index (χ1v) is 4.43. The van der Waals surface area contributed by atoms with E-state index in [-0.39, 0.29) is 18.0 Å². The lowest BCUT2D eigenvalue weighted by molar-refractivity contribution is -0.120. The normalized spacial score (nSPS) is 33.8. The first-order valence-electron chi connectivity index (χ1n) is 4.43. The third-order valence-corrected chi connectivity index (χ3v) is 2.01. The highest BCUT2D eigenvalue weighted by Gasteiger charge is 2.32. The highest BCUT2D eigenvalue weighted by Crippen LogP contribution is 2.22. The Hall–Kier alpha value is -0.630. The Balaban J connectivity index is 2.83. The predicted octanol–water partition coefficient (Wildman–Crippen LogP) is 1.95. The van der Waals surface area contributed by atoms with E-state index in [4.69, 9.17) is 4.74 Å². The van der Waals surface area contributed by atoms with Gasteiger partial charge in [0.05, 0.1) is 6.10 Å². The van der Waals surface area contributed by atoms with Gasteiger partial charge in [0.2, 0.25) is 0 Å². The second-order valence-corrected chi connectivity index (χ2v) is 3.65. The van der Waals surface area contributed by atoms with E-state index in [1.54, 1.807) is 6.92 Å². The van der Waals surface area contributed by atoms with Gasteiger partial charge in [-0.05, 0) is 19.8 Å². The molecule has 1 aliphatic heterocycles. The van der Waals surface area contributed by atoms with E-state index in [2.05, 4.69) is 13.8 Å². The monoisotopic (exact) mass is 168 g/mol. The zero-order valence-electron chi connectivity index (χ0n) is 8.13. The number of hydrogen-bond acceptors (Lipinski definition) is 2. The van der Waals surface area contributed by atoms with Crippen LogP contribution in [-0.4, -0.2) is 18.0 Å². The first-order chi connectivity index (χ1) is 5.52. The fourth-order valence-electron chi connectivity index (χ4n) is 1.45. The molecule has 0 saturated carbocycles. The molecule has 0 N–H and O–H groups in total. The fraction of sp³-hybridized carbons (Fsp3) is 0.700. The van der Waals surface area contributed by atoms with Crippen molar-refractivity contribution in [2.75, 3.05) is 0 Å². The Morgan fingerprint density at radius 1 is 1.33 bits per heavy atom. The number of ketones is 1. The van der Waals surface area contributed by atoms with Crippen LogP contribution < -0.4 is 0 Å². The summed E-state index contributed by atoms with van der Waals surface area (Å²) in [6, 6.07) is 0. The quantitative estimate of drug-likeness (QED) is 0.559. The summed E-state index contributed by atoms with van der Waals surface area (Å²) >= 11 is 0. The van der Waals surface area contributed by atoms with Crippen molar-refractivity contribution in [3.05, 3.63) is 11.6 Å². The smallest absolute Gasteiger partial charge is 0.189 e. The Bertz CT molecular complexity index is 216. The van der Waals surface area contributed by atoms with E-state index in [9.17, 15) is 4.79 Å². The lowest BCUT2D eigenvalue weighted by atomic mass is 10.0. The Morgan fingerprint density at radius 3 is 2.25 bits per heavy atom. The van der Waals surface area contributed by atoms with Crippen LogP contribution in [0.25, 0.3) is 0 Å². The maximum atomic E-state index is 11.5. The molecule has 2 heteroatoms. The zero-order valence-corrected chi connectivity index (χ0v) is 8.13. The molecule has 2 atom stereocenters. The van der Waals surface area contributed by atoms with Crippen LogP contribution in [0.1, 0.15) is 27.7 Å². The van der Waals surface area contributed by atoms with Crippen LogP contribution in [0.4, 0.5) is 0 Å². The van der Waals surface area contributed by atoms with Crippen molar-refractivity contribution in [3.63, 3.8) is 0 Å². The van der Waals surface area contributed by atoms with Gasteiger partial charge in [-0.1, -0.05) is 19.9 Å². The van der Waals surface area contributed by atoms with Crippen molar-refractivity contribution >= 4 is 5.78 Å². The molecule has 0 aromatic rings. The van der Waals surface area contributed by atoms with Gasteiger partial charge in [0.15, 0.2) is 5.78 Å². The van der Waals surface area contributed by atoms with Crippen molar-refractivity contribution < 1.29 is 9.53 Å². The SMILES string of the molecule is CC(C)C=C1C(=O)C(C)OC1C. The van der Waals surface area contributed by atoms with Crippen LogP contribution in [-0.2, 0) is 9.53 Å². The second-order valence-electron chi connectivity index (χ2n) is 3.65. The molecule has 0 amide bonds. The van der Waals surface area contributed by atoms with E-state index in [1.165, 1.54) is 0 Å². The molecular weight excluding hydrogens is 152 g/mol. The molecule has 12 heavy (non-hydrogen) atoms. The average molecular weight is 168 g/mol. The molecule has 0 bridgehead atoms. The average Bonchev–Trinajstić information content (AvgIpc) is 2.16. The van der Waals surface area contributed by atoms with Gasteiger partial charge in [0.25, 0.3) is 0 Å². The lowest BCUT2D eigenvalue weighted by Crippen LogP contribution is -2.10. The van der Waals surface area contributed by atoms with Gasteiger partial charge < -0.3 is 4.74 Å². The summed E-state index contributed by atoms with van der Waals surface area (Å²) in [7, 11) is 0. The molecule has 1 heterocycles. The minimum absolute atomic E-state index is 0.0186. The Labute approximate surface area is 73.6 Å². The molecule has 1 aliphatic rings. The molecule has 68 valence electrons. The van der Waals surface area contributed by atoms with Crippen LogP contribution >= 0.6 is 0 Å². The van der Waals surface area contributed by atoms with Gasteiger partial charge in [0, 0.05) is 5.57 Å². The van der Waals surface area contributed by atoms with E-state index in [0.29, 0.717) is 5.92 Å². The van der Waals surface area contributed by atoms with Gasteiger partial charge in [-0.15, -0.1) is 0 Å². The number of carbonyl (C=O) groups excluding carboxylic acids is 1. The number of rotatable bonds is 1. The maximum Gasteiger partial charge on any atom is 0.189 e. The lowest BCUT2D eigenvalue weighted by Gasteiger charge is -2.03. The van der Waals surface area contributed by atoms with Gasteiger partial charge >= 0.3 is 0 Å². The molecule has 0 aliphatic carbocycles. The highest BCUT2D eigenvalue weighted by molar-refractivity contribution is 6.01. The van der Waals surface area contributed by atoms with Crippen LogP contribution in [0.3, 0.4) is 0 Å². The van der Waals surface area contributed by atoms with Crippen molar-refractivity contribution in [3.8, 4) is 0 Å². The van der Waals surface area contributed by atoms with E-state index in [0.717, 1.165) is 5.57 Å². The Morgan fingerprint density at radius 2 is 1.92 bits per heavy atom. The molecule has 0 spiro atoms. The van der Waals surface area contributed by atoms with Crippen LogP contribution in [0, 0.1) is 5.92 Å². The summed E-state index contributed by atoms with van der Waals surface area (Å²) in [6.07, 6.45) is 1.73. The first kappa shape index (κ1) is 9.46. The molecule has 2 nitrogen and oxygen atoms in total. The summed E-state index contributed by atoms with van der Waals surface area (Å²) in [4.78, 5) is 11.5. The number of Topliss-reactive ketones (excluding diaryl/α,β-unsaturated/α-hetero) is 1. The molecule has 1 saturated heterocycles.